The summed E-state index contributed by atoms with van der Waals surface area (Å²) >= 11 is 0. The number of ether oxygens (including phenoxy) is 2. The van der Waals surface area contributed by atoms with E-state index in [0.717, 1.165) is 12.1 Å². The molecule has 0 bridgehead atoms. The van der Waals surface area contributed by atoms with E-state index < -0.39 is 0 Å². The molecule has 0 fully saturated rings. The van der Waals surface area contributed by atoms with Crippen molar-refractivity contribution in [3.63, 3.8) is 0 Å². The minimum atomic E-state index is -0.00458. The van der Waals surface area contributed by atoms with Crippen LogP contribution in [0.25, 0.3) is 0 Å². The highest BCUT2D eigenvalue weighted by molar-refractivity contribution is 5.75. The van der Waals surface area contributed by atoms with Crippen LogP contribution in [0, 0.1) is 11.3 Å². The molecule has 2 aromatic rings. The van der Waals surface area contributed by atoms with Crippen LogP contribution in [0.2, 0.25) is 0 Å². The lowest BCUT2D eigenvalue weighted by atomic mass is 10.1. The van der Waals surface area contributed by atoms with E-state index in [2.05, 4.69) is 22.4 Å². The van der Waals surface area contributed by atoms with Gasteiger partial charge in [0.2, 0.25) is 5.91 Å². The fourth-order valence-electron chi connectivity index (χ4n) is 2.78. The Morgan fingerprint density at radius 2 is 1.89 bits per heavy atom. The number of nitrogens with zero attached hydrogens (tertiary/aromatic N) is 2. The molecular formula is C22H27N3O3. The van der Waals surface area contributed by atoms with Crippen LogP contribution in [0.1, 0.15) is 29.5 Å². The molecule has 2 rings (SSSR count). The lowest BCUT2D eigenvalue weighted by Gasteiger charge is -2.15. The van der Waals surface area contributed by atoms with E-state index in [1.165, 1.54) is 12.7 Å². The number of carbonyl (C=O) groups excluding carboxylic acids is 1. The van der Waals surface area contributed by atoms with E-state index in [0.29, 0.717) is 43.1 Å². The Labute approximate surface area is 166 Å². The molecule has 6 nitrogen and oxygen atoms in total. The standard InChI is InChI=1S/C22H27N3O3/c1-25(2)16-19-8-5-4-7-18(19)15-24-22(26)9-6-12-28-20-11-10-17(14-23)13-21(20)27-3/h4-5,7-8,10-11,13H,6,9,12,15-16H2,1-3H3,(H,24,26). The molecule has 0 atom stereocenters. The average Bonchev–Trinajstić information content (AvgIpc) is 2.70. The molecule has 1 amide bonds. The summed E-state index contributed by atoms with van der Waals surface area (Å²) in [6, 6.07) is 15.2. The van der Waals surface area contributed by atoms with Crippen LogP contribution < -0.4 is 14.8 Å². The number of hydrogen-bond donors (Lipinski definition) is 1. The zero-order valence-corrected chi connectivity index (χ0v) is 16.7. The van der Waals surface area contributed by atoms with Crippen molar-refractivity contribution in [2.45, 2.75) is 25.9 Å². The van der Waals surface area contributed by atoms with Crippen LogP contribution in [-0.4, -0.2) is 38.6 Å². The van der Waals surface area contributed by atoms with Crippen molar-refractivity contribution in [3.8, 4) is 17.6 Å². The van der Waals surface area contributed by atoms with Crippen molar-refractivity contribution in [1.82, 2.24) is 10.2 Å². The monoisotopic (exact) mass is 381 g/mol. The Kier molecular flexibility index (Phi) is 8.32. The van der Waals surface area contributed by atoms with Crippen LogP contribution in [0.4, 0.5) is 0 Å². The highest BCUT2D eigenvalue weighted by Gasteiger charge is 2.08. The largest absolute Gasteiger partial charge is 0.493 e. The van der Waals surface area contributed by atoms with Crippen molar-refractivity contribution in [2.24, 2.45) is 0 Å². The van der Waals surface area contributed by atoms with Gasteiger partial charge in [-0.15, -0.1) is 0 Å². The van der Waals surface area contributed by atoms with E-state index >= 15 is 0 Å². The van der Waals surface area contributed by atoms with Gasteiger partial charge in [-0.25, -0.2) is 0 Å². The molecule has 0 aliphatic heterocycles. The zero-order chi connectivity index (χ0) is 20.4. The first-order valence-electron chi connectivity index (χ1n) is 9.22. The summed E-state index contributed by atoms with van der Waals surface area (Å²) in [5.74, 6) is 1.08. The fraction of sp³-hybridized carbons (Fsp3) is 0.364. The molecule has 2 aromatic carbocycles. The van der Waals surface area contributed by atoms with Crippen molar-refractivity contribution >= 4 is 5.91 Å². The van der Waals surface area contributed by atoms with Gasteiger partial charge in [-0.1, -0.05) is 24.3 Å². The molecule has 0 saturated carbocycles. The number of nitrogens with one attached hydrogen (secondary N) is 1. The molecule has 0 saturated heterocycles. The van der Waals surface area contributed by atoms with Crippen molar-refractivity contribution in [2.75, 3.05) is 27.8 Å². The molecular weight excluding hydrogens is 354 g/mol. The van der Waals surface area contributed by atoms with Gasteiger partial charge < -0.3 is 19.7 Å². The highest BCUT2D eigenvalue weighted by Crippen LogP contribution is 2.27. The normalized spacial score (nSPS) is 10.4. The van der Waals surface area contributed by atoms with E-state index in [-0.39, 0.29) is 5.91 Å². The zero-order valence-electron chi connectivity index (χ0n) is 16.7. The number of benzene rings is 2. The third kappa shape index (κ3) is 6.60. The van der Waals surface area contributed by atoms with Gasteiger partial charge in [0, 0.05) is 25.6 Å². The predicted molar refractivity (Wildman–Crippen MR) is 108 cm³/mol. The van der Waals surface area contributed by atoms with Gasteiger partial charge in [0.05, 0.1) is 25.3 Å². The van der Waals surface area contributed by atoms with Gasteiger partial charge >= 0.3 is 0 Å². The quantitative estimate of drug-likeness (QED) is 0.640. The van der Waals surface area contributed by atoms with Gasteiger partial charge in [0.25, 0.3) is 0 Å². The van der Waals surface area contributed by atoms with Crippen molar-refractivity contribution in [3.05, 3.63) is 59.2 Å². The van der Waals surface area contributed by atoms with E-state index in [1.807, 2.05) is 32.3 Å². The number of amides is 1. The Balaban J connectivity index is 1.76. The topological polar surface area (TPSA) is 74.6 Å². The van der Waals surface area contributed by atoms with Crippen LogP contribution in [0.15, 0.2) is 42.5 Å². The number of carbonyl (C=O) groups is 1. The second-order valence-electron chi connectivity index (χ2n) is 6.71. The lowest BCUT2D eigenvalue weighted by Crippen LogP contribution is -2.24. The highest BCUT2D eigenvalue weighted by atomic mass is 16.5. The Morgan fingerprint density at radius 1 is 1.14 bits per heavy atom. The van der Waals surface area contributed by atoms with E-state index in [9.17, 15) is 4.79 Å². The summed E-state index contributed by atoms with van der Waals surface area (Å²) in [5.41, 5.74) is 2.85. The Bertz CT molecular complexity index is 828. The molecule has 0 radical (unpaired) electrons. The molecule has 0 aliphatic carbocycles. The third-order valence-corrected chi connectivity index (χ3v) is 4.18. The first-order valence-corrected chi connectivity index (χ1v) is 9.22. The van der Waals surface area contributed by atoms with E-state index in [1.54, 1.807) is 18.2 Å². The molecule has 0 heterocycles. The molecule has 0 aromatic heterocycles. The summed E-state index contributed by atoms with van der Waals surface area (Å²) < 4.78 is 10.9. The smallest absolute Gasteiger partial charge is 0.220 e. The predicted octanol–water partition coefficient (Wildman–Crippen LogP) is 3.10. The lowest BCUT2D eigenvalue weighted by molar-refractivity contribution is -0.121. The summed E-state index contributed by atoms with van der Waals surface area (Å²) in [6.07, 6.45) is 0.975. The maximum absolute atomic E-state index is 12.1. The van der Waals surface area contributed by atoms with Crippen LogP contribution in [0.5, 0.6) is 11.5 Å². The number of hydrogen-bond acceptors (Lipinski definition) is 5. The van der Waals surface area contributed by atoms with Crippen LogP contribution in [0.3, 0.4) is 0 Å². The molecule has 6 heteroatoms. The summed E-state index contributed by atoms with van der Waals surface area (Å²) in [7, 11) is 5.58. The van der Waals surface area contributed by atoms with Crippen LogP contribution >= 0.6 is 0 Å². The van der Waals surface area contributed by atoms with E-state index in [4.69, 9.17) is 14.7 Å². The SMILES string of the molecule is COc1cc(C#N)ccc1OCCCC(=O)NCc1ccccc1CN(C)C. The molecule has 0 spiro atoms. The van der Waals surface area contributed by atoms with Gasteiger partial charge in [0.1, 0.15) is 0 Å². The minimum absolute atomic E-state index is 0.00458. The molecule has 0 aliphatic rings. The first kappa shape index (κ1) is 21.3. The maximum Gasteiger partial charge on any atom is 0.220 e. The van der Waals surface area contributed by atoms with Crippen molar-refractivity contribution < 1.29 is 14.3 Å². The fourth-order valence-corrected chi connectivity index (χ4v) is 2.78. The van der Waals surface area contributed by atoms with Gasteiger partial charge in [0.15, 0.2) is 11.5 Å². The summed E-state index contributed by atoms with van der Waals surface area (Å²) in [4.78, 5) is 14.2. The second-order valence-corrected chi connectivity index (χ2v) is 6.71. The summed E-state index contributed by atoms with van der Waals surface area (Å²) in [5, 5.41) is 11.9. The number of nitriles is 1. The Hall–Kier alpha value is -3.04. The summed E-state index contributed by atoms with van der Waals surface area (Å²) in [6.45, 7) is 1.76. The second kappa shape index (κ2) is 11.0. The van der Waals surface area contributed by atoms with Crippen LogP contribution in [-0.2, 0) is 17.9 Å². The first-order chi connectivity index (χ1) is 13.5. The Morgan fingerprint density at radius 3 is 2.57 bits per heavy atom. The van der Waals surface area contributed by atoms with Gasteiger partial charge in [-0.05, 0) is 43.8 Å². The van der Waals surface area contributed by atoms with Gasteiger partial charge in [-0.3, -0.25) is 4.79 Å². The van der Waals surface area contributed by atoms with Gasteiger partial charge in [-0.2, -0.15) is 5.26 Å². The third-order valence-electron chi connectivity index (χ3n) is 4.18. The average molecular weight is 381 g/mol. The number of methoxy groups -OCH3 is 1. The molecule has 28 heavy (non-hydrogen) atoms. The molecule has 148 valence electrons. The molecule has 0 unspecified atom stereocenters. The maximum atomic E-state index is 12.1. The number of rotatable bonds is 10. The molecule has 1 N–H and O–H groups in total. The minimum Gasteiger partial charge on any atom is -0.493 e. The van der Waals surface area contributed by atoms with Crippen molar-refractivity contribution in [1.29, 1.82) is 5.26 Å².